The first kappa shape index (κ1) is 44.1. The number of fused-ring (bicyclic) bond motifs is 2. The molecule has 11 nitrogen and oxygen atoms in total. The normalized spacial score (nSPS) is 18.5. The molecule has 4 heterocycles. The quantitative estimate of drug-likeness (QED) is 0.0563. The zero-order chi connectivity index (χ0) is 39.4. The number of amides is 2. The number of thioether (sulfide) groups is 1. The molecule has 0 bridgehead atoms. The largest absolute Gasteiger partial charge is 0.616 e. The Kier molecular flexibility index (Phi) is 17.2. The van der Waals surface area contributed by atoms with E-state index in [2.05, 4.69) is 25.7 Å². The maximum Gasteiger partial charge on any atom is 0.355 e. The minimum absolute atomic E-state index is 0.130. The number of halogens is 3. The number of β-lactam (4-membered cyclic amide) rings is 1. The first-order valence-electron chi connectivity index (χ1n) is 17.5. The summed E-state index contributed by atoms with van der Waals surface area (Å²) in [5.74, 6) is 0.0813. The van der Waals surface area contributed by atoms with E-state index in [0.29, 0.717) is 11.7 Å². The van der Waals surface area contributed by atoms with Gasteiger partial charge in [-0.2, -0.15) is 0 Å². The van der Waals surface area contributed by atoms with Crippen molar-refractivity contribution < 1.29 is 42.7 Å². The average molecular weight is 864 g/mol. The average Bonchev–Trinajstić information content (AvgIpc) is 3.82. The van der Waals surface area contributed by atoms with Crippen molar-refractivity contribution >= 4 is 92.8 Å². The van der Waals surface area contributed by atoms with Gasteiger partial charge >= 0.3 is 11.9 Å². The van der Waals surface area contributed by atoms with Crippen LogP contribution in [0.1, 0.15) is 69.7 Å². The number of carbonyl (C=O) groups is 4. The van der Waals surface area contributed by atoms with Crippen LogP contribution in [0, 0.1) is 0 Å². The van der Waals surface area contributed by atoms with Crippen molar-refractivity contribution in [2.75, 3.05) is 25.8 Å². The molecule has 3 unspecified atom stereocenters. The third-order valence-electron chi connectivity index (χ3n) is 8.49. The molecule has 1 saturated heterocycles. The molecule has 2 amide bonds. The van der Waals surface area contributed by atoms with Crippen LogP contribution in [0.3, 0.4) is 0 Å². The van der Waals surface area contributed by atoms with E-state index in [-0.39, 0.29) is 35.5 Å². The minimum atomic E-state index is -1.86. The summed E-state index contributed by atoms with van der Waals surface area (Å²) in [6.45, 7) is 8.87. The molecule has 17 heteroatoms. The number of benzene rings is 1. The fourth-order valence-electron chi connectivity index (χ4n) is 5.72. The van der Waals surface area contributed by atoms with Gasteiger partial charge in [0.05, 0.1) is 6.42 Å². The van der Waals surface area contributed by atoms with Crippen molar-refractivity contribution in [1.82, 2.24) is 10.2 Å². The molecule has 0 saturated carbocycles. The molecule has 1 aromatic heterocycles. The lowest BCUT2D eigenvalue weighted by Crippen LogP contribution is -2.70. The maximum absolute atomic E-state index is 12.9. The maximum atomic E-state index is 12.9. The molecular formula is C37H45Cl3N2O9S3. The van der Waals surface area contributed by atoms with Crippen LogP contribution < -0.4 is 14.8 Å². The van der Waals surface area contributed by atoms with Crippen molar-refractivity contribution in [1.29, 1.82) is 0 Å². The first-order valence-corrected chi connectivity index (χ1v) is 21.8. The van der Waals surface area contributed by atoms with Crippen molar-refractivity contribution in [2.45, 2.75) is 92.6 Å². The molecule has 4 atom stereocenters. The minimum Gasteiger partial charge on any atom is -0.616 e. The third kappa shape index (κ3) is 13.0. The standard InChI is InChI=1S/C19H17Cl3N2O6S2.C18H28O3S/c1-9-12(7-29-10(2)25)15(18(28)30-8-19(20,21)22)24-16(27)14(17(24)32-9)23-13(26)6-11-4-3-5-31-11;1-3-4-5-6-7-8-11-22(19)15(2)12-16-9-10-17-18(13-16)21-14-20-17/h3-5,14,17H,1,6-8H2,2H3,(H,23,26);9-10,13,15H,3-8,11-12,14H2,1-2H3/t14?,17-;/m1./s1. The second kappa shape index (κ2) is 21.1. The van der Waals surface area contributed by atoms with Crippen LogP contribution in [0.2, 0.25) is 0 Å². The van der Waals surface area contributed by atoms with Gasteiger partial charge in [-0.05, 0) is 48.9 Å². The van der Waals surface area contributed by atoms with Gasteiger partial charge < -0.3 is 28.8 Å². The number of unbranched alkanes of at least 4 members (excludes halogenated alkanes) is 5. The summed E-state index contributed by atoms with van der Waals surface area (Å²) >= 11 is 18.8. The Morgan fingerprint density at radius 1 is 1.11 bits per heavy atom. The molecular weight excluding hydrogens is 819 g/mol. The van der Waals surface area contributed by atoms with Crippen LogP contribution in [0.15, 0.2) is 58.5 Å². The summed E-state index contributed by atoms with van der Waals surface area (Å²) in [6, 6.07) is 8.79. The Hall–Kier alpha value is -2.59. The topological polar surface area (TPSA) is 144 Å². The van der Waals surface area contributed by atoms with E-state index in [4.69, 9.17) is 53.8 Å². The summed E-state index contributed by atoms with van der Waals surface area (Å²) in [4.78, 5) is 51.7. The summed E-state index contributed by atoms with van der Waals surface area (Å²) in [7, 11) is 0. The molecule has 3 aliphatic rings. The number of hydrogen-bond acceptors (Lipinski definition) is 11. The van der Waals surface area contributed by atoms with Gasteiger partial charge in [0, 0.05) is 28.7 Å². The van der Waals surface area contributed by atoms with Crippen LogP contribution in [-0.4, -0.2) is 79.4 Å². The number of alkyl halides is 3. The van der Waals surface area contributed by atoms with Crippen molar-refractivity contribution in [2.24, 2.45) is 0 Å². The number of ether oxygens (including phenoxy) is 4. The highest BCUT2D eigenvalue weighted by Gasteiger charge is 2.55. The highest BCUT2D eigenvalue weighted by Crippen LogP contribution is 2.46. The van der Waals surface area contributed by atoms with Gasteiger partial charge in [-0.25, -0.2) is 4.79 Å². The zero-order valence-corrected chi connectivity index (χ0v) is 35.1. The van der Waals surface area contributed by atoms with E-state index >= 15 is 0 Å². The number of nitrogens with one attached hydrogen (secondary N) is 1. The van der Waals surface area contributed by atoms with Gasteiger partial charge in [0.1, 0.15) is 41.3 Å². The molecule has 1 fully saturated rings. The molecule has 296 valence electrons. The Bertz CT molecular complexity index is 1670. The van der Waals surface area contributed by atoms with Crippen LogP contribution in [0.5, 0.6) is 11.5 Å². The van der Waals surface area contributed by atoms with Gasteiger partial charge in [0.15, 0.2) is 11.5 Å². The lowest BCUT2D eigenvalue weighted by molar-refractivity contribution is -0.153. The SMILES string of the molecule is C=C1S[C@@H]2C(NC(=O)Cc3cccs3)C(=O)N2C(C(=O)OCC(Cl)(Cl)Cl)=C1COC(C)=O.CCCCCCCC[S+]([O-])C(C)Cc1ccc2c(c1)OCO2. The van der Waals surface area contributed by atoms with E-state index in [1.54, 1.807) is 0 Å². The van der Waals surface area contributed by atoms with E-state index in [1.165, 1.54) is 72.6 Å². The fraction of sp³-hybridized carbons (Fsp3) is 0.514. The van der Waals surface area contributed by atoms with Crippen LogP contribution >= 0.6 is 57.9 Å². The summed E-state index contributed by atoms with van der Waals surface area (Å²) in [6.07, 6.45) is 8.45. The summed E-state index contributed by atoms with van der Waals surface area (Å²) < 4.78 is 31.2. The Balaban J connectivity index is 0.000000258. The number of thiophene rings is 1. The molecule has 2 aromatic rings. The molecule has 1 aromatic carbocycles. The van der Waals surface area contributed by atoms with Crippen molar-refractivity contribution in [3.63, 3.8) is 0 Å². The molecule has 1 N–H and O–H groups in total. The highest BCUT2D eigenvalue weighted by atomic mass is 35.6. The monoisotopic (exact) mass is 862 g/mol. The smallest absolute Gasteiger partial charge is 0.355 e. The van der Waals surface area contributed by atoms with E-state index in [0.717, 1.165) is 35.0 Å². The molecule has 0 radical (unpaired) electrons. The van der Waals surface area contributed by atoms with Crippen LogP contribution in [0.25, 0.3) is 0 Å². The zero-order valence-electron chi connectivity index (χ0n) is 30.4. The molecule has 54 heavy (non-hydrogen) atoms. The molecule has 5 rings (SSSR count). The van der Waals surface area contributed by atoms with Crippen LogP contribution in [0.4, 0.5) is 0 Å². The van der Waals surface area contributed by atoms with E-state index in [1.807, 2.05) is 35.7 Å². The van der Waals surface area contributed by atoms with E-state index < -0.39 is 50.8 Å². The number of esters is 2. The number of carbonyl (C=O) groups excluding carboxylic acids is 4. The lowest BCUT2D eigenvalue weighted by atomic mass is 10.0. The van der Waals surface area contributed by atoms with Gasteiger partial charge in [-0.15, -0.1) is 11.3 Å². The van der Waals surface area contributed by atoms with Gasteiger partial charge in [-0.3, -0.25) is 19.3 Å². The van der Waals surface area contributed by atoms with Crippen molar-refractivity contribution in [3.8, 4) is 11.5 Å². The van der Waals surface area contributed by atoms with Gasteiger partial charge in [-0.1, -0.05) is 109 Å². The summed E-state index contributed by atoms with van der Waals surface area (Å²) in [5, 5.41) is 4.11. The number of nitrogens with zero attached hydrogens (tertiary/aromatic N) is 1. The second-order valence-electron chi connectivity index (χ2n) is 12.8. The Morgan fingerprint density at radius 3 is 2.52 bits per heavy atom. The van der Waals surface area contributed by atoms with Crippen LogP contribution in [-0.2, 0) is 52.7 Å². The third-order valence-corrected chi connectivity index (χ3v) is 12.7. The molecule has 3 aliphatic heterocycles. The van der Waals surface area contributed by atoms with Gasteiger partial charge in [0.2, 0.25) is 16.5 Å². The summed E-state index contributed by atoms with van der Waals surface area (Å²) in [5.41, 5.74) is 1.21. The van der Waals surface area contributed by atoms with Crippen molar-refractivity contribution in [3.05, 3.63) is 68.9 Å². The lowest BCUT2D eigenvalue weighted by Gasteiger charge is -2.50. The number of rotatable bonds is 17. The predicted molar refractivity (Wildman–Crippen MR) is 214 cm³/mol. The number of hydrogen-bond donors (Lipinski definition) is 1. The Morgan fingerprint density at radius 2 is 1.83 bits per heavy atom. The fourth-order valence-corrected chi connectivity index (χ4v) is 9.09. The molecule has 0 spiro atoms. The first-order chi connectivity index (χ1) is 25.7. The molecule has 0 aliphatic carbocycles. The predicted octanol–water partition coefficient (Wildman–Crippen LogP) is 7.39. The second-order valence-corrected chi connectivity index (χ2v) is 19.5. The van der Waals surface area contributed by atoms with Gasteiger partial charge in [0.25, 0.3) is 5.91 Å². The Labute approximate surface area is 342 Å². The highest BCUT2D eigenvalue weighted by molar-refractivity contribution is 8.04. The van der Waals surface area contributed by atoms with E-state index in [9.17, 15) is 23.7 Å².